The number of hydrogen-bond donors (Lipinski definition) is 2. The van der Waals surface area contributed by atoms with Gasteiger partial charge in [0.05, 0.1) is 19.7 Å². The molecule has 2 amide bonds. The molecule has 1 aromatic rings. The molecule has 0 radical (unpaired) electrons. The van der Waals surface area contributed by atoms with Gasteiger partial charge in [-0.3, -0.25) is 9.59 Å². The van der Waals surface area contributed by atoms with Crippen molar-refractivity contribution in [2.45, 2.75) is 38.6 Å². The molecule has 0 aromatic heterocycles. The standard InChI is InChI=1S/C19H29N3O3.ClH/c1-13(2)18(20)19(24)21-12-17(23)22-9-7-14(8-10-22)15-5-4-6-16(11-15)25-3;/h4-6,11,13-14,18H,7-10,12,20H2,1-3H3,(H,21,24);1H/t18-;/m0./s1. The Balaban J connectivity index is 0.00000338. The van der Waals surface area contributed by atoms with Gasteiger partial charge >= 0.3 is 0 Å². The molecule has 1 heterocycles. The molecule has 6 nitrogen and oxygen atoms in total. The summed E-state index contributed by atoms with van der Waals surface area (Å²) in [6.45, 7) is 5.19. The lowest BCUT2D eigenvalue weighted by atomic mass is 9.89. The number of nitrogens with one attached hydrogen (secondary N) is 1. The lowest BCUT2D eigenvalue weighted by Gasteiger charge is -2.32. The van der Waals surface area contributed by atoms with E-state index in [2.05, 4.69) is 17.4 Å². The highest BCUT2D eigenvalue weighted by molar-refractivity contribution is 5.87. The number of amides is 2. The number of piperidine rings is 1. The third-order valence-corrected chi connectivity index (χ3v) is 4.85. The Bertz CT molecular complexity index is 601. The molecule has 7 heteroatoms. The number of carbonyl (C=O) groups is 2. The van der Waals surface area contributed by atoms with Crippen LogP contribution in [0, 0.1) is 5.92 Å². The highest BCUT2D eigenvalue weighted by Crippen LogP contribution is 2.29. The van der Waals surface area contributed by atoms with Crippen molar-refractivity contribution in [1.82, 2.24) is 10.2 Å². The second-order valence-corrected chi connectivity index (χ2v) is 6.92. The monoisotopic (exact) mass is 383 g/mol. The summed E-state index contributed by atoms with van der Waals surface area (Å²) < 4.78 is 5.28. The van der Waals surface area contributed by atoms with Gasteiger partial charge in [0.2, 0.25) is 11.8 Å². The molecule has 1 atom stereocenters. The molecule has 1 aliphatic heterocycles. The molecule has 0 unspecified atom stereocenters. The highest BCUT2D eigenvalue weighted by atomic mass is 35.5. The van der Waals surface area contributed by atoms with Gasteiger partial charge in [-0.05, 0) is 42.4 Å². The van der Waals surface area contributed by atoms with Crippen LogP contribution >= 0.6 is 12.4 Å². The second kappa shape index (κ2) is 10.4. The van der Waals surface area contributed by atoms with E-state index in [1.54, 1.807) is 7.11 Å². The zero-order chi connectivity index (χ0) is 18.4. The maximum Gasteiger partial charge on any atom is 0.241 e. The topological polar surface area (TPSA) is 84.7 Å². The van der Waals surface area contributed by atoms with Crippen LogP contribution in [0.1, 0.15) is 38.2 Å². The van der Waals surface area contributed by atoms with Crippen LogP contribution in [0.25, 0.3) is 0 Å². The van der Waals surface area contributed by atoms with Crippen LogP contribution in [0.15, 0.2) is 24.3 Å². The van der Waals surface area contributed by atoms with Crippen molar-refractivity contribution in [3.05, 3.63) is 29.8 Å². The smallest absolute Gasteiger partial charge is 0.241 e. The second-order valence-electron chi connectivity index (χ2n) is 6.92. The molecule has 2 rings (SSSR count). The molecule has 146 valence electrons. The zero-order valence-corrected chi connectivity index (χ0v) is 16.6. The van der Waals surface area contributed by atoms with E-state index in [-0.39, 0.29) is 36.7 Å². The Labute approximate surface area is 161 Å². The van der Waals surface area contributed by atoms with E-state index >= 15 is 0 Å². The van der Waals surface area contributed by atoms with E-state index in [1.807, 2.05) is 30.9 Å². The highest BCUT2D eigenvalue weighted by Gasteiger charge is 2.25. The fourth-order valence-corrected chi connectivity index (χ4v) is 3.05. The first-order valence-corrected chi connectivity index (χ1v) is 8.87. The first-order valence-electron chi connectivity index (χ1n) is 8.87. The summed E-state index contributed by atoms with van der Waals surface area (Å²) in [5.74, 6) is 1.03. The summed E-state index contributed by atoms with van der Waals surface area (Å²) in [6, 6.07) is 7.53. The first kappa shape index (κ1) is 22.3. The predicted octanol–water partition coefficient (Wildman–Crippen LogP) is 1.92. The Hall–Kier alpha value is -1.79. The molecular weight excluding hydrogens is 354 g/mol. The summed E-state index contributed by atoms with van der Waals surface area (Å²) in [5.41, 5.74) is 7.04. The van der Waals surface area contributed by atoms with Gasteiger partial charge in [0, 0.05) is 13.1 Å². The molecular formula is C19H30ClN3O3. The lowest BCUT2D eigenvalue weighted by Crippen LogP contribution is -2.49. The number of halogens is 1. The number of benzene rings is 1. The maximum atomic E-state index is 12.3. The van der Waals surface area contributed by atoms with Crippen LogP contribution in [0.2, 0.25) is 0 Å². The van der Waals surface area contributed by atoms with Gasteiger partial charge in [0.25, 0.3) is 0 Å². The summed E-state index contributed by atoms with van der Waals surface area (Å²) in [6.07, 6.45) is 1.83. The average molecular weight is 384 g/mol. The third-order valence-electron chi connectivity index (χ3n) is 4.85. The van der Waals surface area contributed by atoms with E-state index in [1.165, 1.54) is 5.56 Å². The van der Waals surface area contributed by atoms with E-state index in [9.17, 15) is 9.59 Å². The van der Waals surface area contributed by atoms with Gasteiger partial charge in [-0.15, -0.1) is 12.4 Å². The fraction of sp³-hybridized carbons (Fsp3) is 0.579. The molecule has 0 saturated carbocycles. The fourth-order valence-electron chi connectivity index (χ4n) is 3.05. The molecule has 0 bridgehead atoms. The minimum absolute atomic E-state index is 0. The van der Waals surface area contributed by atoms with Crippen molar-refractivity contribution < 1.29 is 14.3 Å². The molecule has 0 spiro atoms. The molecule has 1 saturated heterocycles. The van der Waals surface area contributed by atoms with Crippen LogP contribution in [0.3, 0.4) is 0 Å². The van der Waals surface area contributed by atoms with E-state index in [0.717, 1.165) is 18.6 Å². The number of nitrogens with two attached hydrogens (primary N) is 1. The van der Waals surface area contributed by atoms with Gasteiger partial charge in [-0.2, -0.15) is 0 Å². The Morgan fingerprint density at radius 2 is 1.96 bits per heavy atom. The Morgan fingerprint density at radius 1 is 1.31 bits per heavy atom. The van der Waals surface area contributed by atoms with Crippen LogP contribution in [-0.2, 0) is 9.59 Å². The minimum Gasteiger partial charge on any atom is -0.497 e. The van der Waals surface area contributed by atoms with E-state index in [0.29, 0.717) is 19.0 Å². The number of carbonyl (C=O) groups excluding carboxylic acids is 2. The van der Waals surface area contributed by atoms with Crippen LogP contribution in [0.4, 0.5) is 0 Å². The quantitative estimate of drug-likeness (QED) is 0.786. The summed E-state index contributed by atoms with van der Waals surface area (Å²) in [7, 11) is 1.67. The van der Waals surface area contributed by atoms with Crippen molar-refractivity contribution in [1.29, 1.82) is 0 Å². The van der Waals surface area contributed by atoms with Crippen LogP contribution in [0.5, 0.6) is 5.75 Å². The van der Waals surface area contributed by atoms with Crippen molar-refractivity contribution in [3.63, 3.8) is 0 Å². The lowest BCUT2D eigenvalue weighted by molar-refractivity contribution is -0.134. The number of ether oxygens (including phenoxy) is 1. The minimum atomic E-state index is -0.577. The zero-order valence-electron chi connectivity index (χ0n) is 15.7. The van der Waals surface area contributed by atoms with Gasteiger partial charge in [0.1, 0.15) is 5.75 Å². The van der Waals surface area contributed by atoms with Gasteiger partial charge in [-0.1, -0.05) is 26.0 Å². The van der Waals surface area contributed by atoms with E-state index in [4.69, 9.17) is 10.5 Å². The number of methoxy groups -OCH3 is 1. The molecule has 26 heavy (non-hydrogen) atoms. The van der Waals surface area contributed by atoms with Crippen LogP contribution in [-0.4, -0.2) is 49.5 Å². The molecule has 1 fully saturated rings. The number of hydrogen-bond acceptors (Lipinski definition) is 4. The van der Waals surface area contributed by atoms with Crippen LogP contribution < -0.4 is 15.8 Å². The Morgan fingerprint density at radius 3 is 2.54 bits per heavy atom. The average Bonchev–Trinajstić information content (AvgIpc) is 2.65. The van der Waals surface area contributed by atoms with Gasteiger partial charge < -0.3 is 20.7 Å². The summed E-state index contributed by atoms with van der Waals surface area (Å²) >= 11 is 0. The third kappa shape index (κ3) is 5.88. The largest absolute Gasteiger partial charge is 0.497 e. The number of nitrogens with zero attached hydrogens (tertiary/aromatic N) is 1. The summed E-state index contributed by atoms with van der Waals surface area (Å²) in [4.78, 5) is 26.0. The number of likely N-dealkylation sites (tertiary alicyclic amines) is 1. The van der Waals surface area contributed by atoms with Gasteiger partial charge in [-0.25, -0.2) is 0 Å². The Kier molecular flexibility index (Phi) is 8.88. The van der Waals surface area contributed by atoms with Crippen molar-refractivity contribution in [2.24, 2.45) is 11.7 Å². The summed E-state index contributed by atoms with van der Waals surface area (Å²) in [5, 5.41) is 2.65. The van der Waals surface area contributed by atoms with Gasteiger partial charge in [0.15, 0.2) is 0 Å². The van der Waals surface area contributed by atoms with Crippen molar-refractivity contribution in [2.75, 3.05) is 26.7 Å². The SMILES string of the molecule is COc1cccc(C2CCN(C(=O)CNC(=O)[C@@H](N)C(C)C)CC2)c1.Cl. The van der Waals surface area contributed by atoms with E-state index < -0.39 is 6.04 Å². The number of rotatable bonds is 6. The van der Waals surface area contributed by atoms with Crippen molar-refractivity contribution >= 4 is 24.2 Å². The maximum absolute atomic E-state index is 12.3. The first-order chi connectivity index (χ1) is 11.9. The van der Waals surface area contributed by atoms with Crippen molar-refractivity contribution in [3.8, 4) is 5.75 Å². The normalized spacial score (nSPS) is 16.0. The predicted molar refractivity (Wildman–Crippen MR) is 105 cm³/mol. The molecule has 1 aromatic carbocycles. The molecule has 3 N–H and O–H groups in total. The molecule has 0 aliphatic carbocycles. The molecule has 1 aliphatic rings.